The van der Waals surface area contributed by atoms with E-state index >= 15 is 0 Å². The highest BCUT2D eigenvalue weighted by atomic mass is 127. The van der Waals surface area contributed by atoms with Gasteiger partial charge in [-0.25, -0.2) is 0 Å². The second-order valence-electron chi connectivity index (χ2n) is 7.30. The SMILES string of the molecule is CCNC(=NCCOCCOC)NC1CC2(CCCC2)Oc2ccccc21.I. The summed E-state index contributed by atoms with van der Waals surface area (Å²) in [6, 6.07) is 8.60. The number of nitrogens with zero attached hydrogens (tertiary/aromatic N) is 1. The van der Waals surface area contributed by atoms with Crippen LogP contribution in [-0.4, -0.2) is 51.6 Å². The van der Waals surface area contributed by atoms with Gasteiger partial charge in [0.25, 0.3) is 0 Å². The molecule has 0 amide bonds. The first kappa shape index (κ1) is 23.2. The normalized spacial score (nSPS) is 20.2. The molecule has 2 N–H and O–H groups in total. The Balaban J connectivity index is 0.00000280. The van der Waals surface area contributed by atoms with Crippen LogP contribution in [0.4, 0.5) is 0 Å². The quantitative estimate of drug-likeness (QED) is 0.246. The van der Waals surface area contributed by atoms with Gasteiger partial charge in [-0.15, -0.1) is 24.0 Å². The molecular formula is C21H34IN3O3. The van der Waals surface area contributed by atoms with E-state index in [-0.39, 0.29) is 35.6 Å². The van der Waals surface area contributed by atoms with Crippen LogP contribution in [0.25, 0.3) is 0 Å². The van der Waals surface area contributed by atoms with Gasteiger partial charge in [-0.05, 0) is 38.7 Å². The van der Waals surface area contributed by atoms with Crippen LogP contribution in [-0.2, 0) is 9.47 Å². The summed E-state index contributed by atoms with van der Waals surface area (Å²) < 4.78 is 17.0. The molecule has 1 aliphatic carbocycles. The first-order valence-corrected chi connectivity index (χ1v) is 10.2. The van der Waals surface area contributed by atoms with Crippen molar-refractivity contribution in [3.8, 4) is 5.75 Å². The molecule has 1 spiro atoms. The zero-order chi connectivity index (χ0) is 19.0. The van der Waals surface area contributed by atoms with E-state index < -0.39 is 0 Å². The minimum atomic E-state index is -0.0212. The number of para-hydroxylation sites is 1. The predicted octanol–water partition coefficient (Wildman–Crippen LogP) is 3.66. The van der Waals surface area contributed by atoms with Crippen molar-refractivity contribution in [2.45, 2.75) is 50.7 Å². The molecule has 1 aromatic carbocycles. The molecule has 28 heavy (non-hydrogen) atoms. The Bertz CT molecular complexity index is 621. The first-order chi connectivity index (χ1) is 13.3. The molecule has 7 heteroatoms. The second-order valence-corrected chi connectivity index (χ2v) is 7.30. The first-order valence-electron chi connectivity index (χ1n) is 10.2. The zero-order valence-corrected chi connectivity index (χ0v) is 19.4. The van der Waals surface area contributed by atoms with E-state index in [4.69, 9.17) is 14.2 Å². The van der Waals surface area contributed by atoms with Crippen molar-refractivity contribution in [2.24, 2.45) is 4.99 Å². The maximum Gasteiger partial charge on any atom is 0.191 e. The molecule has 0 radical (unpaired) electrons. The number of halogens is 1. The van der Waals surface area contributed by atoms with E-state index in [0.29, 0.717) is 26.4 Å². The number of methoxy groups -OCH3 is 1. The van der Waals surface area contributed by atoms with Crippen molar-refractivity contribution in [3.63, 3.8) is 0 Å². The Morgan fingerprint density at radius 3 is 2.75 bits per heavy atom. The van der Waals surface area contributed by atoms with Crippen LogP contribution in [0.5, 0.6) is 5.75 Å². The van der Waals surface area contributed by atoms with Crippen molar-refractivity contribution in [1.29, 1.82) is 0 Å². The van der Waals surface area contributed by atoms with Crippen LogP contribution in [0.15, 0.2) is 29.3 Å². The van der Waals surface area contributed by atoms with Crippen LogP contribution in [0, 0.1) is 0 Å². The maximum absolute atomic E-state index is 6.46. The summed E-state index contributed by atoms with van der Waals surface area (Å²) in [6.07, 6.45) is 5.77. The number of hydrogen-bond donors (Lipinski definition) is 2. The highest BCUT2D eigenvalue weighted by molar-refractivity contribution is 14.0. The van der Waals surface area contributed by atoms with Gasteiger partial charge in [0.1, 0.15) is 11.4 Å². The van der Waals surface area contributed by atoms with Gasteiger partial charge in [-0.1, -0.05) is 18.2 Å². The lowest BCUT2D eigenvalue weighted by atomic mass is 9.86. The zero-order valence-electron chi connectivity index (χ0n) is 17.0. The van der Waals surface area contributed by atoms with E-state index in [1.54, 1.807) is 7.11 Å². The Morgan fingerprint density at radius 2 is 2.00 bits per heavy atom. The molecule has 2 aliphatic rings. The molecule has 1 heterocycles. The van der Waals surface area contributed by atoms with E-state index in [1.165, 1.54) is 18.4 Å². The van der Waals surface area contributed by atoms with Crippen molar-refractivity contribution < 1.29 is 14.2 Å². The van der Waals surface area contributed by atoms with Crippen LogP contribution in [0.1, 0.15) is 50.6 Å². The third kappa shape index (κ3) is 6.22. The van der Waals surface area contributed by atoms with Gasteiger partial charge in [-0.3, -0.25) is 4.99 Å². The van der Waals surface area contributed by atoms with Crippen LogP contribution < -0.4 is 15.4 Å². The summed E-state index contributed by atoms with van der Waals surface area (Å²) in [5.41, 5.74) is 1.20. The lowest BCUT2D eigenvalue weighted by molar-refractivity contribution is 0.0395. The van der Waals surface area contributed by atoms with Gasteiger partial charge in [-0.2, -0.15) is 0 Å². The molecule has 3 rings (SSSR count). The fourth-order valence-corrected chi connectivity index (χ4v) is 4.02. The number of rotatable bonds is 8. The lowest BCUT2D eigenvalue weighted by Gasteiger charge is -2.40. The topological polar surface area (TPSA) is 64.1 Å². The second kappa shape index (κ2) is 11.8. The van der Waals surface area contributed by atoms with Gasteiger partial charge >= 0.3 is 0 Å². The maximum atomic E-state index is 6.46. The number of nitrogens with one attached hydrogen (secondary N) is 2. The number of fused-ring (bicyclic) bond motifs is 1. The number of benzene rings is 1. The van der Waals surface area contributed by atoms with Gasteiger partial charge in [0.2, 0.25) is 0 Å². The minimum Gasteiger partial charge on any atom is -0.487 e. The molecule has 0 bridgehead atoms. The smallest absolute Gasteiger partial charge is 0.191 e. The van der Waals surface area contributed by atoms with Crippen LogP contribution in [0.3, 0.4) is 0 Å². The minimum absolute atomic E-state index is 0. The van der Waals surface area contributed by atoms with E-state index in [2.05, 4.69) is 46.8 Å². The van der Waals surface area contributed by atoms with Crippen LogP contribution in [0.2, 0.25) is 0 Å². The molecule has 158 valence electrons. The molecule has 1 aliphatic heterocycles. The summed E-state index contributed by atoms with van der Waals surface area (Å²) >= 11 is 0. The summed E-state index contributed by atoms with van der Waals surface area (Å²) in [4.78, 5) is 4.68. The van der Waals surface area contributed by atoms with Gasteiger partial charge in [0.15, 0.2) is 5.96 Å². The Labute approximate surface area is 185 Å². The molecule has 1 fully saturated rings. The van der Waals surface area contributed by atoms with E-state index in [9.17, 15) is 0 Å². The standard InChI is InChI=1S/C21H33N3O3.HI/c1-3-22-20(23-12-13-26-15-14-25-2)24-18-16-21(10-6-7-11-21)27-19-9-5-4-8-17(18)19;/h4-5,8-9,18H,3,6-7,10-16H2,1-2H3,(H2,22,23,24);1H. The monoisotopic (exact) mass is 503 g/mol. The summed E-state index contributed by atoms with van der Waals surface area (Å²) in [6.45, 7) is 5.34. The van der Waals surface area contributed by atoms with Crippen molar-refractivity contribution >= 4 is 29.9 Å². The van der Waals surface area contributed by atoms with E-state index in [1.807, 2.05) is 0 Å². The molecule has 1 aromatic rings. The van der Waals surface area contributed by atoms with Crippen molar-refractivity contribution in [2.75, 3.05) is 40.0 Å². The Hall–Kier alpha value is -1.06. The summed E-state index contributed by atoms with van der Waals surface area (Å²) in [5.74, 6) is 1.85. The molecule has 0 saturated heterocycles. The number of aliphatic imine (C=N–C) groups is 1. The third-order valence-electron chi connectivity index (χ3n) is 5.30. The molecular weight excluding hydrogens is 469 g/mol. The summed E-state index contributed by atoms with van der Waals surface area (Å²) in [5, 5.41) is 7.00. The predicted molar refractivity (Wildman–Crippen MR) is 123 cm³/mol. The largest absolute Gasteiger partial charge is 0.487 e. The van der Waals surface area contributed by atoms with Crippen molar-refractivity contribution in [3.05, 3.63) is 29.8 Å². The summed E-state index contributed by atoms with van der Waals surface area (Å²) in [7, 11) is 1.68. The fourth-order valence-electron chi connectivity index (χ4n) is 4.02. The van der Waals surface area contributed by atoms with Gasteiger partial charge in [0, 0.05) is 25.6 Å². The molecule has 1 unspecified atom stereocenters. The van der Waals surface area contributed by atoms with Crippen molar-refractivity contribution in [1.82, 2.24) is 10.6 Å². The average Bonchev–Trinajstić information content (AvgIpc) is 3.12. The Kier molecular flexibility index (Phi) is 9.81. The molecule has 1 saturated carbocycles. The number of guanidine groups is 1. The molecule has 6 nitrogen and oxygen atoms in total. The highest BCUT2D eigenvalue weighted by Gasteiger charge is 2.43. The lowest BCUT2D eigenvalue weighted by Crippen LogP contribution is -2.46. The van der Waals surface area contributed by atoms with E-state index in [0.717, 1.165) is 37.5 Å². The molecule has 0 aromatic heterocycles. The number of ether oxygens (including phenoxy) is 3. The molecule has 1 atom stereocenters. The van der Waals surface area contributed by atoms with Crippen LogP contribution >= 0.6 is 24.0 Å². The third-order valence-corrected chi connectivity index (χ3v) is 5.30. The van der Waals surface area contributed by atoms with Gasteiger partial charge < -0.3 is 24.8 Å². The number of hydrogen-bond acceptors (Lipinski definition) is 4. The Morgan fingerprint density at radius 1 is 1.21 bits per heavy atom. The van der Waals surface area contributed by atoms with Gasteiger partial charge in [0.05, 0.1) is 32.4 Å². The fraction of sp³-hybridized carbons (Fsp3) is 0.667. The average molecular weight is 503 g/mol. The highest BCUT2D eigenvalue weighted by Crippen LogP contribution is 2.46.